The van der Waals surface area contributed by atoms with Crippen molar-refractivity contribution < 1.29 is 19.0 Å². The lowest BCUT2D eigenvalue weighted by Crippen LogP contribution is -2.58. The lowest BCUT2D eigenvalue weighted by atomic mass is 9.66. The predicted octanol–water partition coefficient (Wildman–Crippen LogP) is 1.43. The molecule has 3 saturated carbocycles. The van der Waals surface area contributed by atoms with Gasteiger partial charge < -0.3 is 10.2 Å². The van der Waals surface area contributed by atoms with E-state index in [0.29, 0.717) is 24.2 Å². The van der Waals surface area contributed by atoms with Gasteiger partial charge in [-0.3, -0.25) is 0 Å². The zero-order valence-corrected chi connectivity index (χ0v) is 9.34. The first kappa shape index (κ1) is 10.4. The van der Waals surface area contributed by atoms with Gasteiger partial charge in [0.25, 0.3) is 6.43 Å². The summed E-state index contributed by atoms with van der Waals surface area (Å²) in [5.41, 5.74) is -2.15. The maximum atomic E-state index is 13.1. The van der Waals surface area contributed by atoms with Crippen LogP contribution in [0.5, 0.6) is 0 Å². The maximum Gasteiger partial charge on any atom is 0.269 e. The van der Waals surface area contributed by atoms with Gasteiger partial charge in [0.2, 0.25) is 0 Å². The van der Waals surface area contributed by atoms with Crippen molar-refractivity contribution in [1.82, 2.24) is 0 Å². The lowest BCUT2D eigenvalue weighted by Gasteiger charge is -2.44. The Bertz CT molecular complexity index is 397. The minimum atomic E-state index is -2.84. The molecule has 4 rings (SSSR count). The second kappa shape index (κ2) is 2.91. The highest BCUT2D eigenvalue weighted by atomic mass is 19.3. The SMILES string of the molecule is OC1C2CC(C3C4C=CC(C4)C23)C1(O)C(F)F. The highest BCUT2D eigenvalue weighted by molar-refractivity contribution is 5.26. The van der Waals surface area contributed by atoms with Crippen molar-refractivity contribution in [1.29, 1.82) is 0 Å². The topological polar surface area (TPSA) is 40.5 Å². The monoisotopic (exact) mass is 242 g/mol. The van der Waals surface area contributed by atoms with Gasteiger partial charge in [-0.15, -0.1) is 0 Å². The number of rotatable bonds is 1. The van der Waals surface area contributed by atoms with Gasteiger partial charge in [-0.05, 0) is 48.3 Å². The molecule has 4 bridgehead atoms. The summed E-state index contributed by atoms with van der Waals surface area (Å²) >= 11 is 0. The normalized spacial score (nSPS) is 62.8. The van der Waals surface area contributed by atoms with Crippen molar-refractivity contribution in [2.45, 2.75) is 31.0 Å². The van der Waals surface area contributed by atoms with Crippen molar-refractivity contribution in [2.75, 3.05) is 0 Å². The zero-order chi connectivity index (χ0) is 11.9. The first-order valence-corrected chi connectivity index (χ1v) is 6.42. The highest BCUT2D eigenvalue weighted by Crippen LogP contribution is 2.68. The van der Waals surface area contributed by atoms with E-state index in [2.05, 4.69) is 12.2 Å². The van der Waals surface area contributed by atoms with Crippen molar-refractivity contribution in [3.05, 3.63) is 12.2 Å². The molecule has 0 saturated heterocycles. The van der Waals surface area contributed by atoms with E-state index in [9.17, 15) is 19.0 Å². The maximum absolute atomic E-state index is 13.1. The Balaban J connectivity index is 1.77. The van der Waals surface area contributed by atoms with Gasteiger partial charge in [0.05, 0.1) is 6.10 Å². The third-order valence-corrected chi connectivity index (χ3v) is 5.89. The molecule has 4 heteroatoms. The molecule has 0 aliphatic heterocycles. The fourth-order valence-electron chi connectivity index (χ4n) is 5.37. The smallest absolute Gasteiger partial charge is 0.269 e. The fourth-order valence-corrected chi connectivity index (χ4v) is 5.37. The Kier molecular flexibility index (Phi) is 1.79. The number of alkyl halides is 2. The molecule has 4 aliphatic rings. The zero-order valence-electron chi connectivity index (χ0n) is 9.34. The van der Waals surface area contributed by atoms with E-state index < -0.39 is 24.0 Å². The van der Waals surface area contributed by atoms with Crippen LogP contribution in [0.15, 0.2) is 12.2 Å². The number of hydrogen-bond acceptors (Lipinski definition) is 2. The molecule has 0 radical (unpaired) electrons. The standard InChI is InChI=1S/C13H16F2O2/c14-12(15)13(17)8-4-7(11(13)16)9-5-1-2-6(3-5)10(8)9/h1-2,5-12,16-17H,3-4H2. The van der Waals surface area contributed by atoms with Crippen molar-refractivity contribution in [3.63, 3.8) is 0 Å². The third kappa shape index (κ3) is 0.954. The second-order valence-electron chi connectivity index (χ2n) is 6.24. The molecular formula is C13H16F2O2. The molecule has 2 nitrogen and oxygen atoms in total. The van der Waals surface area contributed by atoms with Crippen LogP contribution in [0.4, 0.5) is 8.78 Å². The molecule has 0 heterocycles. The number of allylic oxidation sites excluding steroid dienone is 2. The first-order chi connectivity index (χ1) is 8.05. The molecule has 0 amide bonds. The van der Waals surface area contributed by atoms with Crippen LogP contribution in [0.2, 0.25) is 0 Å². The summed E-state index contributed by atoms with van der Waals surface area (Å²) in [5, 5.41) is 20.2. The molecule has 8 unspecified atom stereocenters. The summed E-state index contributed by atoms with van der Waals surface area (Å²) in [4.78, 5) is 0. The predicted molar refractivity (Wildman–Crippen MR) is 56.3 cm³/mol. The Morgan fingerprint density at radius 1 is 1.12 bits per heavy atom. The van der Waals surface area contributed by atoms with Crippen LogP contribution < -0.4 is 0 Å². The van der Waals surface area contributed by atoms with Crippen LogP contribution in [-0.4, -0.2) is 28.3 Å². The van der Waals surface area contributed by atoms with Gasteiger partial charge >= 0.3 is 0 Å². The minimum Gasteiger partial charge on any atom is -0.390 e. The van der Waals surface area contributed by atoms with Gasteiger partial charge in [0.15, 0.2) is 5.60 Å². The summed E-state index contributed by atoms with van der Waals surface area (Å²) in [6.07, 6.45) is 1.85. The quantitative estimate of drug-likeness (QED) is 0.539. The minimum absolute atomic E-state index is 0.121. The molecule has 0 aromatic carbocycles. The Morgan fingerprint density at radius 2 is 1.76 bits per heavy atom. The summed E-state index contributed by atoms with van der Waals surface area (Å²) in [6, 6.07) is 0. The molecule has 8 atom stereocenters. The molecule has 4 aliphatic carbocycles. The lowest BCUT2D eigenvalue weighted by molar-refractivity contribution is -0.206. The summed E-state index contributed by atoms with van der Waals surface area (Å²) in [7, 11) is 0. The van der Waals surface area contributed by atoms with Crippen LogP contribution in [0, 0.1) is 35.5 Å². The van der Waals surface area contributed by atoms with E-state index in [1.807, 2.05) is 0 Å². The summed E-state index contributed by atoms with van der Waals surface area (Å²) < 4.78 is 26.2. The van der Waals surface area contributed by atoms with Crippen molar-refractivity contribution in [2.24, 2.45) is 35.5 Å². The van der Waals surface area contributed by atoms with Crippen LogP contribution >= 0.6 is 0 Å². The average molecular weight is 242 g/mol. The van der Waals surface area contributed by atoms with Crippen LogP contribution in [0.25, 0.3) is 0 Å². The molecule has 3 fully saturated rings. The number of fused-ring (bicyclic) bond motifs is 9. The third-order valence-electron chi connectivity index (χ3n) is 5.89. The Labute approximate surface area is 98.3 Å². The number of aliphatic hydroxyl groups excluding tert-OH is 1. The average Bonchev–Trinajstić information content (AvgIpc) is 2.99. The summed E-state index contributed by atoms with van der Waals surface area (Å²) in [5.74, 6) is 0.799. The van der Waals surface area contributed by atoms with E-state index in [-0.39, 0.29) is 11.8 Å². The Morgan fingerprint density at radius 3 is 2.41 bits per heavy atom. The van der Waals surface area contributed by atoms with E-state index in [0.717, 1.165) is 6.42 Å². The van der Waals surface area contributed by atoms with Crippen LogP contribution in [0.3, 0.4) is 0 Å². The Hall–Kier alpha value is -0.480. The fraction of sp³-hybridized carbons (Fsp3) is 0.846. The molecule has 0 aromatic heterocycles. The van der Waals surface area contributed by atoms with Gasteiger partial charge in [0, 0.05) is 0 Å². The summed E-state index contributed by atoms with van der Waals surface area (Å²) in [6.45, 7) is 0. The van der Waals surface area contributed by atoms with E-state index in [4.69, 9.17) is 0 Å². The van der Waals surface area contributed by atoms with Crippen molar-refractivity contribution in [3.8, 4) is 0 Å². The molecule has 94 valence electrons. The van der Waals surface area contributed by atoms with Gasteiger partial charge in [-0.1, -0.05) is 12.2 Å². The highest BCUT2D eigenvalue weighted by Gasteiger charge is 2.72. The largest absolute Gasteiger partial charge is 0.390 e. The molecular weight excluding hydrogens is 226 g/mol. The van der Waals surface area contributed by atoms with Crippen LogP contribution in [-0.2, 0) is 0 Å². The molecule has 2 N–H and O–H groups in total. The van der Waals surface area contributed by atoms with Gasteiger partial charge in [-0.2, -0.15) is 0 Å². The molecule has 0 aromatic rings. The first-order valence-electron chi connectivity index (χ1n) is 6.42. The molecule has 0 spiro atoms. The van der Waals surface area contributed by atoms with Gasteiger partial charge in [0.1, 0.15) is 0 Å². The van der Waals surface area contributed by atoms with Crippen LogP contribution in [0.1, 0.15) is 12.8 Å². The number of halogens is 2. The number of hydrogen-bond donors (Lipinski definition) is 2. The molecule has 17 heavy (non-hydrogen) atoms. The van der Waals surface area contributed by atoms with Crippen molar-refractivity contribution >= 4 is 0 Å². The van der Waals surface area contributed by atoms with Gasteiger partial charge in [-0.25, -0.2) is 8.78 Å². The second-order valence-corrected chi connectivity index (χ2v) is 6.24. The van der Waals surface area contributed by atoms with E-state index >= 15 is 0 Å². The number of aliphatic hydroxyl groups is 2. The van der Waals surface area contributed by atoms with E-state index in [1.165, 1.54) is 0 Å². The van der Waals surface area contributed by atoms with E-state index in [1.54, 1.807) is 0 Å².